The summed E-state index contributed by atoms with van der Waals surface area (Å²) in [6.07, 6.45) is 0.935. The number of amides is 3. The molecule has 8 heteroatoms. The molecule has 0 N–H and O–H groups in total. The number of hydrogen-bond donors (Lipinski definition) is 0. The fraction of sp³-hybridized carbons (Fsp3) is 0.348. The highest BCUT2D eigenvalue weighted by molar-refractivity contribution is 8.15. The molecule has 0 aliphatic carbocycles. The second-order valence-corrected chi connectivity index (χ2v) is 8.60. The van der Waals surface area contributed by atoms with Crippen molar-refractivity contribution in [1.82, 2.24) is 9.80 Å². The Morgan fingerprint density at radius 1 is 1.03 bits per heavy atom. The number of nitrogens with zero attached hydrogens (tertiary/aromatic N) is 2. The minimum atomic E-state index is -0.582. The molecule has 1 atom stereocenters. The fourth-order valence-electron chi connectivity index (χ4n) is 3.64. The third-order valence-electron chi connectivity index (χ3n) is 5.45. The predicted octanol–water partition coefficient (Wildman–Crippen LogP) is 4.23. The summed E-state index contributed by atoms with van der Waals surface area (Å²) >= 11 is 1.01. The molecule has 7 nitrogen and oxygen atoms in total. The number of para-hydroxylation sites is 1. The van der Waals surface area contributed by atoms with Gasteiger partial charge in [-0.1, -0.05) is 48.5 Å². The zero-order valence-electron chi connectivity index (χ0n) is 17.2. The van der Waals surface area contributed by atoms with Gasteiger partial charge in [-0.25, -0.2) is 4.79 Å². The van der Waals surface area contributed by atoms with Crippen LogP contribution in [0.2, 0.25) is 0 Å². The molecular formula is C23H24N2O5S. The van der Waals surface area contributed by atoms with Gasteiger partial charge in [-0.2, -0.15) is 0 Å². The highest BCUT2D eigenvalue weighted by Crippen LogP contribution is 2.42. The Bertz CT molecular complexity index is 959. The number of hydrogen-bond acceptors (Lipinski definition) is 6. The van der Waals surface area contributed by atoms with Crippen molar-refractivity contribution in [2.75, 3.05) is 20.1 Å². The highest BCUT2D eigenvalue weighted by atomic mass is 32.2. The molecule has 0 bridgehead atoms. The lowest BCUT2D eigenvalue weighted by Crippen LogP contribution is -2.42. The smallest absolute Gasteiger partial charge is 0.410 e. The molecule has 2 fully saturated rings. The number of piperidine rings is 1. The van der Waals surface area contributed by atoms with E-state index in [1.54, 1.807) is 4.90 Å². The molecule has 31 heavy (non-hydrogen) atoms. The number of carbonyl (C=O) groups is 3. The van der Waals surface area contributed by atoms with Gasteiger partial charge in [0.05, 0.1) is 0 Å². The number of likely N-dealkylation sites (N-methyl/N-ethyl adjacent to an activating group) is 1. The SMILES string of the molecule is CN1C(=O)SC(c2ccccc2OC2CCN(C(=O)OCc3ccccc3)CC2)C1=O. The van der Waals surface area contributed by atoms with E-state index in [2.05, 4.69) is 0 Å². The molecule has 3 amide bonds. The fourth-order valence-corrected chi connectivity index (χ4v) is 4.67. The van der Waals surface area contributed by atoms with E-state index >= 15 is 0 Å². The van der Waals surface area contributed by atoms with Crippen LogP contribution in [-0.4, -0.2) is 53.3 Å². The first-order valence-electron chi connectivity index (χ1n) is 10.2. The second kappa shape index (κ2) is 9.43. The minimum absolute atomic E-state index is 0.0748. The second-order valence-electron chi connectivity index (χ2n) is 7.54. The standard InChI is InChI=1S/C23H24N2O5S/c1-24-21(26)20(31-23(24)28)18-9-5-6-10-19(18)30-17-11-13-25(14-12-17)22(27)29-15-16-7-3-2-4-8-16/h2-10,17,20H,11-15H2,1H3. The summed E-state index contributed by atoms with van der Waals surface area (Å²) in [6, 6.07) is 16.9. The Morgan fingerprint density at radius 2 is 1.71 bits per heavy atom. The first kappa shape index (κ1) is 21.2. The van der Waals surface area contributed by atoms with Crippen LogP contribution in [0.15, 0.2) is 54.6 Å². The summed E-state index contributed by atoms with van der Waals surface area (Å²) in [5.74, 6) is 0.378. The van der Waals surface area contributed by atoms with E-state index in [9.17, 15) is 14.4 Å². The van der Waals surface area contributed by atoms with Crippen molar-refractivity contribution in [3.63, 3.8) is 0 Å². The van der Waals surface area contributed by atoms with E-state index in [-0.39, 0.29) is 30.0 Å². The van der Waals surface area contributed by atoms with Crippen molar-refractivity contribution in [3.8, 4) is 5.75 Å². The van der Waals surface area contributed by atoms with Crippen LogP contribution in [0.5, 0.6) is 5.75 Å². The molecule has 2 saturated heterocycles. The maximum Gasteiger partial charge on any atom is 0.410 e. The minimum Gasteiger partial charge on any atom is -0.490 e. The molecule has 2 heterocycles. The maximum atomic E-state index is 12.4. The molecule has 4 rings (SSSR count). The van der Waals surface area contributed by atoms with Gasteiger partial charge in [-0.3, -0.25) is 14.5 Å². The van der Waals surface area contributed by atoms with Crippen molar-refractivity contribution in [1.29, 1.82) is 0 Å². The van der Waals surface area contributed by atoms with Gasteiger partial charge in [0.2, 0.25) is 5.91 Å². The predicted molar refractivity (Wildman–Crippen MR) is 117 cm³/mol. The van der Waals surface area contributed by atoms with Gasteiger partial charge in [-0.15, -0.1) is 0 Å². The molecule has 2 aromatic rings. The molecule has 1 unspecified atom stereocenters. The highest BCUT2D eigenvalue weighted by Gasteiger charge is 2.40. The topological polar surface area (TPSA) is 76.2 Å². The summed E-state index contributed by atoms with van der Waals surface area (Å²) in [7, 11) is 1.49. The first-order chi connectivity index (χ1) is 15.0. The number of imide groups is 1. The molecule has 0 radical (unpaired) electrons. The van der Waals surface area contributed by atoms with Gasteiger partial charge in [0.25, 0.3) is 5.24 Å². The molecule has 0 saturated carbocycles. The Kier molecular flexibility index (Phi) is 6.46. The lowest BCUT2D eigenvalue weighted by atomic mass is 10.1. The Labute approximate surface area is 185 Å². The van der Waals surface area contributed by atoms with Gasteiger partial charge >= 0.3 is 6.09 Å². The first-order valence-corrected chi connectivity index (χ1v) is 11.1. The number of carbonyl (C=O) groups excluding carboxylic acids is 3. The maximum absolute atomic E-state index is 12.4. The molecule has 2 aliphatic heterocycles. The largest absolute Gasteiger partial charge is 0.490 e. The normalized spacial score (nSPS) is 19.6. The van der Waals surface area contributed by atoms with Crippen LogP contribution in [0.25, 0.3) is 0 Å². The quantitative estimate of drug-likeness (QED) is 0.693. The summed E-state index contributed by atoms with van der Waals surface area (Å²) in [5.41, 5.74) is 1.66. The van der Waals surface area contributed by atoms with Crippen LogP contribution >= 0.6 is 11.8 Å². The average Bonchev–Trinajstić information content (AvgIpc) is 3.06. The van der Waals surface area contributed by atoms with Crippen LogP contribution in [0.3, 0.4) is 0 Å². The van der Waals surface area contributed by atoms with E-state index in [4.69, 9.17) is 9.47 Å². The van der Waals surface area contributed by atoms with E-state index in [0.717, 1.165) is 22.2 Å². The number of ether oxygens (including phenoxy) is 2. The number of thioether (sulfide) groups is 1. The zero-order chi connectivity index (χ0) is 21.8. The van der Waals surface area contributed by atoms with Gasteiger partial charge in [0.15, 0.2) is 0 Å². The van der Waals surface area contributed by atoms with Crippen molar-refractivity contribution in [3.05, 3.63) is 65.7 Å². The van der Waals surface area contributed by atoms with Crippen LogP contribution in [0.4, 0.5) is 9.59 Å². The summed E-state index contributed by atoms with van der Waals surface area (Å²) < 4.78 is 11.6. The van der Waals surface area contributed by atoms with E-state index in [1.165, 1.54) is 7.05 Å². The number of rotatable bonds is 5. The van der Waals surface area contributed by atoms with Crippen LogP contribution in [-0.2, 0) is 16.1 Å². The monoisotopic (exact) mass is 440 g/mol. The number of benzene rings is 2. The van der Waals surface area contributed by atoms with Gasteiger partial charge < -0.3 is 14.4 Å². The van der Waals surface area contributed by atoms with Gasteiger partial charge in [0, 0.05) is 38.5 Å². The molecule has 2 aliphatic rings. The Morgan fingerprint density at radius 3 is 2.39 bits per heavy atom. The molecule has 2 aromatic carbocycles. The zero-order valence-corrected chi connectivity index (χ0v) is 18.0. The van der Waals surface area contributed by atoms with Crippen LogP contribution in [0.1, 0.15) is 29.2 Å². The van der Waals surface area contributed by atoms with Crippen LogP contribution in [0, 0.1) is 0 Å². The van der Waals surface area contributed by atoms with Crippen molar-refractivity contribution in [2.24, 2.45) is 0 Å². The summed E-state index contributed by atoms with van der Waals surface area (Å²) in [4.78, 5) is 39.5. The molecule has 162 valence electrons. The molecule has 0 spiro atoms. The summed E-state index contributed by atoms with van der Waals surface area (Å²) in [6.45, 7) is 1.33. The van der Waals surface area contributed by atoms with E-state index < -0.39 is 5.25 Å². The summed E-state index contributed by atoms with van der Waals surface area (Å²) in [5, 5.41) is -0.839. The molecular weight excluding hydrogens is 416 g/mol. The van der Waals surface area contributed by atoms with E-state index in [1.807, 2.05) is 54.6 Å². The Balaban J connectivity index is 1.32. The van der Waals surface area contributed by atoms with Crippen LogP contribution < -0.4 is 4.74 Å². The van der Waals surface area contributed by atoms with Gasteiger partial charge in [0.1, 0.15) is 23.7 Å². The lowest BCUT2D eigenvalue weighted by Gasteiger charge is -2.32. The third kappa shape index (κ3) is 4.85. The van der Waals surface area contributed by atoms with Crippen molar-refractivity contribution in [2.45, 2.75) is 30.8 Å². The van der Waals surface area contributed by atoms with Crippen molar-refractivity contribution < 1.29 is 23.9 Å². The molecule has 0 aromatic heterocycles. The average molecular weight is 441 g/mol. The lowest BCUT2D eigenvalue weighted by molar-refractivity contribution is -0.125. The van der Waals surface area contributed by atoms with Gasteiger partial charge in [-0.05, 0) is 23.4 Å². The Hall–Kier alpha value is -3.00. The third-order valence-corrected chi connectivity index (χ3v) is 6.61. The van der Waals surface area contributed by atoms with Crippen molar-refractivity contribution >= 4 is 29.0 Å². The number of likely N-dealkylation sites (tertiary alicyclic amines) is 1. The van der Waals surface area contributed by atoms with E-state index in [0.29, 0.717) is 37.2 Å².